The van der Waals surface area contributed by atoms with Gasteiger partial charge in [-0.2, -0.15) is 0 Å². The summed E-state index contributed by atoms with van der Waals surface area (Å²) in [4.78, 5) is 2.86. The van der Waals surface area contributed by atoms with E-state index in [2.05, 4.69) is 19.1 Å². The first-order chi connectivity index (χ1) is 8.70. The van der Waals surface area contributed by atoms with Crippen LogP contribution in [0.2, 0.25) is 0 Å². The number of aryl methyl sites for hydroxylation is 1. The molecule has 3 heteroatoms. The SMILES string of the molecule is CCc1ccc(CC(N)C2(OC)CCCCC2)s1. The van der Waals surface area contributed by atoms with E-state index in [-0.39, 0.29) is 11.6 Å². The molecule has 1 atom stereocenters. The minimum absolute atomic E-state index is 0.0748. The Morgan fingerprint density at radius 3 is 2.50 bits per heavy atom. The van der Waals surface area contributed by atoms with Gasteiger partial charge in [-0.3, -0.25) is 0 Å². The Morgan fingerprint density at radius 1 is 1.28 bits per heavy atom. The zero-order valence-corrected chi connectivity index (χ0v) is 12.4. The van der Waals surface area contributed by atoms with Crippen molar-refractivity contribution >= 4 is 11.3 Å². The molecule has 0 aromatic carbocycles. The second kappa shape index (κ2) is 6.18. The van der Waals surface area contributed by atoms with Crippen molar-refractivity contribution in [3.05, 3.63) is 21.9 Å². The molecule has 1 unspecified atom stereocenters. The third-order valence-corrected chi connectivity index (χ3v) is 5.52. The standard InChI is InChI=1S/C15H25NOS/c1-3-12-7-8-13(18-12)11-14(16)15(17-2)9-5-4-6-10-15/h7-8,14H,3-6,9-11,16H2,1-2H3. The minimum atomic E-state index is -0.0748. The molecule has 1 heterocycles. The van der Waals surface area contributed by atoms with Crippen molar-refractivity contribution in [2.75, 3.05) is 7.11 Å². The fraction of sp³-hybridized carbons (Fsp3) is 0.733. The van der Waals surface area contributed by atoms with Gasteiger partial charge < -0.3 is 10.5 Å². The molecular weight excluding hydrogens is 242 g/mol. The highest BCUT2D eigenvalue weighted by molar-refractivity contribution is 7.11. The second-order valence-corrected chi connectivity index (χ2v) is 6.61. The normalized spacial score (nSPS) is 20.8. The Morgan fingerprint density at radius 2 is 1.94 bits per heavy atom. The predicted molar refractivity (Wildman–Crippen MR) is 78.2 cm³/mol. The molecule has 0 radical (unpaired) electrons. The third kappa shape index (κ3) is 2.95. The van der Waals surface area contributed by atoms with Crippen molar-refractivity contribution in [1.82, 2.24) is 0 Å². The van der Waals surface area contributed by atoms with E-state index in [1.807, 2.05) is 18.4 Å². The van der Waals surface area contributed by atoms with Crippen molar-refractivity contribution in [2.45, 2.75) is 63.5 Å². The van der Waals surface area contributed by atoms with Crippen molar-refractivity contribution in [3.8, 4) is 0 Å². The van der Waals surface area contributed by atoms with Crippen LogP contribution in [0.25, 0.3) is 0 Å². The van der Waals surface area contributed by atoms with E-state index in [4.69, 9.17) is 10.5 Å². The molecule has 2 nitrogen and oxygen atoms in total. The maximum atomic E-state index is 6.46. The predicted octanol–water partition coefficient (Wildman–Crippen LogP) is 3.53. The lowest BCUT2D eigenvalue weighted by Gasteiger charge is -2.40. The van der Waals surface area contributed by atoms with Crippen molar-refractivity contribution in [2.24, 2.45) is 5.73 Å². The summed E-state index contributed by atoms with van der Waals surface area (Å²) in [5.41, 5.74) is 6.38. The minimum Gasteiger partial charge on any atom is -0.377 e. The molecule has 2 N–H and O–H groups in total. The van der Waals surface area contributed by atoms with Gasteiger partial charge in [-0.15, -0.1) is 11.3 Å². The number of hydrogen-bond donors (Lipinski definition) is 1. The van der Waals surface area contributed by atoms with Gasteiger partial charge in [0, 0.05) is 22.9 Å². The Hall–Kier alpha value is -0.380. The zero-order valence-electron chi connectivity index (χ0n) is 11.6. The molecule has 1 saturated carbocycles. The molecular formula is C15H25NOS. The van der Waals surface area contributed by atoms with Gasteiger partial charge in [0.2, 0.25) is 0 Å². The number of thiophene rings is 1. The summed E-state index contributed by atoms with van der Waals surface area (Å²) in [6, 6.07) is 4.59. The first kappa shape index (κ1) is 14.0. The van der Waals surface area contributed by atoms with Crippen LogP contribution in [-0.4, -0.2) is 18.8 Å². The molecule has 0 bridgehead atoms. The van der Waals surface area contributed by atoms with E-state index in [1.54, 1.807) is 0 Å². The molecule has 1 fully saturated rings. The molecule has 2 rings (SSSR count). The highest BCUT2D eigenvalue weighted by Crippen LogP contribution is 2.35. The van der Waals surface area contributed by atoms with Gasteiger partial charge in [0.1, 0.15) is 0 Å². The highest BCUT2D eigenvalue weighted by atomic mass is 32.1. The summed E-state index contributed by atoms with van der Waals surface area (Å²) in [5, 5.41) is 0. The number of ether oxygens (including phenoxy) is 1. The van der Waals surface area contributed by atoms with Gasteiger partial charge in [0.15, 0.2) is 0 Å². The lowest BCUT2D eigenvalue weighted by atomic mass is 9.78. The fourth-order valence-corrected chi connectivity index (χ4v) is 4.02. The van der Waals surface area contributed by atoms with Crippen LogP contribution in [0.1, 0.15) is 48.8 Å². The molecule has 1 aliphatic carbocycles. The summed E-state index contributed by atoms with van der Waals surface area (Å²) in [6.07, 6.45) is 8.16. The molecule has 1 aromatic heterocycles. The molecule has 0 aliphatic heterocycles. The Bertz CT molecular complexity index is 368. The van der Waals surface area contributed by atoms with Crippen LogP contribution >= 0.6 is 11.3 Å². The molecule has 0 saturated heterocycles. The van der Waals surface area contributed by atoms with Crippen LogP contribution in [-0.2, 0) is 17.6 Å². The van der Waals surface area contributed by atoms with E-state index in [0.717, 1.165) is 25.7 Å². The molecule has 18 heavy (non-hydrogen) atoms. The van der Waals surface area contributed by atoms with Gasteiger partial charge >= 0.3 is 0 Å². The lowest BCUT2D eigenvalue weighted by molar-refractivity contribution is -0.0581. The first-order valence-corrected chi connectivity index (χ1v) is 7.90. The number of rotatable bonds is 5. The summed E-state index contributed by atoms with van der Waals surface area (Å²) in [7, 11) is 1.83. The van der Waals surface area contributed by atoms with Crippen LogP contribution in [0.4, 0.5) is 0 Å². The molecule has 0 spiro atoms. The van der Waals surface area contributed by atoms with Gasteiger partial charge in [0.25, 0.3) is 0 Å². The summed E-state index contributed by atoms with van der Waals surface area (Å²) >= 11 is 1.90. The topological polar surface area (TPSA) is 35.2 Å². The summed E-state index contributed by atoms with van der Waals surface area (Å²) in [5.74, 6) is 0. The Balaban J connectivity index is 2.02. The third-order valence-electron chi connectivity index (χ3n) is 4.27. The van der Waals surface area contributed by atoms with Crippen LogP contribution in [0.3, 0.4) is 0 Å². The van der Waals surface area contributed by atoms with Crippen LogP contribution < -0.4 is 5.73 Å². The Kier molecular flexibility index (Phi) is 4.82. The maximum absolute atomic E-state index is 6.46. The van der Waals surface area contributed by atoms with Gasteiger partial charge in [-0.1, -0.05) is 26.2 Å². The van der Waals surface area contributed by atoms with E-state index < -0.39 is 0 Å². The summed E-state index contributed by atoms with van der Waals surface area (Å²) in [6.45, 7) is 2.20. The van der Waals surface area contributed by atoms with E-state index in [0.29, 0.717) is 0 Å². The first-order valence-electron chi connectivity index (χ1n) is 7.08. The smallest absolute Gasteiger partial charge is 0.0832 e. The van der Waals surface area contributed by atoms with Gasteiger partial charge in [-0.25, -0.2) is 0 Å². The van der Waals surface area contributed by atoms with Crippen molar-refractivity contribution in [3.63, 3.8) is 0 Å². The average Bonchev–Trinajstić information content (AvgIpc) is 2.87. The van der Waals surface area contributed by atoms with Crippen LogP contribution in [0.5, 0.6) is 0 Å². The number of methoxy groups -OCH3 is 1. The van der Waals surface area contributed by atoms with Crippen molar-refractivity contribution < 1.29 is 4.74 Å². The van der Waals surface area contributed by atoms with Crippen molar-refractivity contribution in [1.29, 1.82) is 0 Å². The lowest BCUT2D eigenvalue weighted by Crippen LogP contribution is -2.51. The average molecular weight is 267 g/mol. The number of nitrogens with two attached hydrogens (primary N) is 1. The summed E-state index contributed by atoms with van der Waals surface area (Å²) < 4.78 is 5.83. The monoisotopic (exact) mass is 267 g/mol. The Labute approximate surface area is 115 Å². The maximum Gasteiger partial charge on any atom is 0.0832 e. The number of hydrogen-bond acceptors (Lipinski definition) is 3. The molecule has 1 aromatic rings. The van der Waals surface area contributed by atoms with Crippen LogP contribution in [0, 0.1) is 0 Å². The zero-order chi connectivity index (χ0) is 13.0. The molecule has 102 valence electrons. The van der Waals surface area contributed by atoms with E-state index in [1.165, 1.54) is 29.0 Å². The van der Waals surface area contributed by atoms with Crippen LogP contribution in [0.15, 0.2) is 12.1 Å². The fourth-order valence-electron chi connectivity index (χ4n) is 3.00. The van der Waals surface area contributed by atoms with Gasteiger partial charge in [0.05, 0.1) is 5.60 Å². The van der Waals surface area contributed by atoms with Gasteiger partial charge in [-0.05, 0) is 37.8 Å². The highest BCUT2D eigenvalue weighted by Gasteiger charge is 2.38. The molecule has 1 aliphatic rings. The second-order valence-electron chi connectivity index (χ2n) is 5.36. The quantitative estimate of drug-likeness (QED) is 0.885. The van der Waals surface area contributed by atoms with E-state index in [9.17, 15) is 0 Å². The van der Waals surface area contributed by atoms with E-state index >= 15 is 0 Å². The largest absolute Gasteiger partial charge is 0.377 e. The molecule has 0 amide bonds.